The van der Waals surface area contributed by atoms with E-state index in [9.17, 15) is 9.18 Å². The molecule has 182 valence electrons. The van der Waals surface area contributed by atoms with Crippen molar-refractivity contribution in [2.45, 2.75) is 26.8 Å². The molecule has 0 radical (unpaired) electrons. The van der Waals surface area contributed by atoms with E-state index in [0.29, 0.717) is 22.6 Å². The van der Waals surface area contributed by atoms with E-state index in [1.165, 1.54) is 12.1 Å². The van der Waals surface area contributed by atoms with Crippen molar-refractivity contribution in [3.8, 4) is 17.1 Å². The smallest absolute Gasteiger partial charge is 0.326 e. The Morgan fingerprint density at radius 3 is 2.47 bits per heavy atom. The molecule has 1 atom stereocenters. The number of carbonyl (C=O) groups is 1. The first-order valence-electron chi connectivity index (χ1n) is 11.5. The molecule has 1 aliphatic heterocycles. The Morgan fingerprint density at radius 1 is 1.00 bits per heavy atom. The largest absolute Gasteiger partial charge is 0.497 e. The van der Waals surface area contributed by atoms with Crippen LogP contribution in [0.25, 0.3) is 17.0 Å². The summed E-state index contributed by atoms with van der Waals surface area (Å²) in [5, 5.41) is 7.19. The van der Waals surface area contributed by atoms with Crippen molar-refractivity contribution in [2.24, 2.45) is 0 Å². The quantitative estimate of drug-likeness (QED) is 0.365. The Morgan fingerprint density at radius 2 is 1.78 bits per heavy atom. The summed E-state index contributed by atoms with van der Waals surface area (Å²) in [7, 11) is 1.60. The number of hydrogen-bond acceptors (Lipinski definition) is 5. The first kappa shape index (κ1) is 23.3. The molecule has 3 aromatic carbocycles. The lowest BCUT2D eigenvalue weighted by Gasteiger charge is -2.35. The number of aromatic nitrogens is 2. The second kappa shape index (κ2) is 9.30. The fourth-order valence-electron chi connectivity index (χ4n) is 4.32. The third kappa shape index (κ3) is 4.22. The predicted molar refractivity (Wildman–Crippen MR) is 135 cm³/mol. The minimum absolute atomic E-state index is 0.237. The van der Waals surface area contributed by atoms with Crippen LogP contribution in [0.4, 0.5) is 14.9 Å². The highest BCUT2D eigenvalue weighted by Crippen LogP contribution is 2.39. The highest BCUT2D eigenvalue weighted by molar-refractivity contribution is 6.01. The van der Waals surface area contributed by atoms with Crippen LogP contribution in [0.1, 0.15) is 35.5 Å². The number of rotatable bonds is 5. The number of aryl methyl sites for hydroxylation is 2. The van der Waals surface area contributed by atoms with Gasteiger partial charge in [-0.05, 0) is 73.9 Å². The molecule has 5 rings (SSSR count). The van der Waals surface area contributed by atoms with E-state index < -0.39 is 11.9 Å². The fraction of sp³-hybridized carbons (Fsp3) is 0.179. The van der Waals surface area contributed by atoms with Gasteiger partial charge < -0.3 is 14.6 Å². The average Bonchev–Trinajstić information content (AvgIpc) is 3.36. The van der Waals surface area contributed by atoms with Crippen LogP contribution in [-0.4, -0.2) is 23.3 Å². The molecule has 0 fully saturated rings. The lowest BCUT2D eigenvalue weighted by Crippen LogP contribution is -2.46. The number of methoxy groups -OCH3 is 1. The summed E-state index contributed by atoms with van der Waals surface area (Å²) in [5.41, 5.74) is 5.54. The zero-order valence-corrected chi connectivity index (χ0v) is 20.4. The van der Waals surface area contributed by atoms with Gasteiger partial charge in [0, 0.05) is 11.3 Å². The van der Waals surface area contributed by atoms with Gasteiger partial charge in [-0.15, -0.1) is 0 Å². The van der Waals surface area contributed by atoms with Crippen molar-refractivity contribution >= 4 is 17.3 Å². The third-order valence-electron chi connectivity index (χ3n) is 6.42. The number of nitrogens with one attached hydrogen (secondary N) is 1. The van der Waals surface area contributed by atoms with Crippen LogP contribution >= 0.6 is 0 Å². The fourth-order valence-corrected chi connectivity index (χ4v) is 4.32. The van der Waals surface area contributed by atoms with Crippen LogP contribution < -0.4 is 15.0 Å². The number of ether oxygens (including phenoxy) is 1. The Hall–Kier alpha value is -4.46. The van der Waals surface area contributed by atoms with Crippen molar-refractivity contribution in [2.75, 3.05) is 12.0 Å². The summed E-state index contributed by atoms with van der Waals surface area (Å²) in [6.45, 7) is 5.88. The number of halogens is 1. The summed E-state index contributed by atoms with van der Waals surface area (Å²) < 4.78 is 24.8. The molecule has 2 amide bonds. The summed E-state index contributed by atoms with van der Waals surface area (Å²) in [6.07, 6.45) is 0. The van der Waals surface area contributed by atoms with Crippen molar-refractivity contribution in [3.05, 3.63) is 101 Å². The standard InChI is InChI=1S/C28H25FN4O3/c1-16-8-11-22(14-17(16)2)33-18(3)24(25(30-28(33)34)19-9-12-23(35-4)13-10-19)27-31-26(32-36-27)20-6-5-7-21(29)15-20/h5-15,25H,1-4H3,(H,30,34). The van der Waals surface area contributed by atoms with Crippen LogP contribution in [0.3, 0.4) is 0 Å². The second-order valence-electron chi connectivity index (χ2n) is 8.69. The maximum atomic E-state index is 13.8. The number of hydrogen-bond donors (Lipinski definition) is 1. The number of benzene rings is 3. The number of nitrogens with zero attached hydrogens (tertiary/aromatic N) is 3. The van der Waals surface area contributed by atoms with Crippen LogP contribution in [0, 0.1) is 19.7 Å². The Labute approximate surface area is 208 Å². The van der Waals surface area contributed by atoms with Gasteiger partial charge in [-0.3, -0.25) is 4.90 Å². The van der Waals surface area contributed by atoms with E-state index in [-0.39, 0.29) is 17.7 Å². The molecule has 2 heterocycles. The first-order valence-corrected chi connectivity index (χ1v) is 11.5. The van der Waals surface area contributed by atoms with Gasteiger partial charge in [-0.2, -0.15) is 4.98 Å². The number of urea groups is 1. The number of amides is 2. The molecule has 0 aliphatic carbocycles. The topological polar surface area (TPSA) is 80.5 Å². The predicted octanol–water partition coefficient (Wildman–Crippen LogP) is 6.20. The molecule has 1 aromatic heterocycles. The van der Waals surface area contributed by atoms with E-state index in [4.69, 9.17) is 9.26 Å². The molecule has 4 aromatic rings. The van der Waals surface area contributed by atoms with Crippen LogP contribution in [-0.2, 0) is 0 Å². The van der Waals surface area contributed by atoms with Crippen LogP contribution in [0.15, 0.2) is 77.0 Å². The van der Waals surface area contributed by atoms with E-state index in [0.717, 1.165) is 22.4 Å². The van der Waals surface area contributed by atoms with Crippen LogP contribution in [0.5, 0.6) is 5.75 Å². The van der Waals surface area contributed by atoms with Crippen molar-refractivity contribution in [1.82, 2.24) is 15.5 Å². The van der Waals surface area contributed by atoms with E-state index in [1.54, 1.807) is 24.1 Å². The van der Waals surface area contributed by atoms with E-state index in [2.05, 4.69) is 15.5 Å². The van der Waals surface area contributed by atoms with Gasteiger partial charge >= 0.3 is 6.03 Å². The molecule has 7 nitrogen and oxygen atoms in total. The summed E-state index contributed by atoms with van der Waals surface area (Å²) in [6, 6.07) is 18.5. The summed E-state index contributed by atoms with van der Waals surface area (Å²) in [5.74, 6) is 0.802. The SMILES string of the molecule is COc1ccc(C2NC(=O)N(c3ccc(C)c(C)c3)C(C)=C2c2nc(-c3cccc(F)c3)no2)cc1. The number of carbonyl (C=O) groups excluding carboxylic acids is 1. The maximum absolute atomic E-state index is 13.8. The number of allylic oxidation sites excluding steroid dienone is 1. The minimum Gasteiger partial charge on any atom is -0.497 e. The van der Waals surface area contributed by atoms with E-state index >= 15 is 0 Å². The Kier molecular flexibility index (Phi) is 6.01. The Balaban J connectivity index is 1.65. The van der Waals surface area contributed by atoms with Crippen molar-refractivity contribution < 1.29 is 18.4 Å². The molecule has 36 heavy (non-hydrogen) atoms. The van der Waals surface area contributed by atoms with Gasteiger partial charge in [0.25, 0.3) is 5.89 Å². The summed E-state index contributed by atoms with van der Waals surface area (Å²) >= 11 is 0. The lowest BCUT2D eigenvalue weighted by molar-refractivity contribution is 0.244. The van der Waals surface area contributed by atoms with Crippen molar-refractivity contribution in [1.29, 1.82) is 0 Å². The molecule has 0 spiro atoms. The number of anilines is 1. The summed E-state index contributed by atoms with van der Waals surface area (Å²) in [4.78, 5) is 19.6. The highest BCUT2D eigenvalue weighted by Gasteiger charge is 2.36. The molecule has 0 bridgehead atoms. The van der Waals surface area contributed by atoms with Gasteiger partial charge in [0.15, 0.2) is 0 Å². The zero-order valence-electron chi connectivity index (χ0n) is 20.4. The lowest BCUT2D eigenvalue weighted by atomic mass is 9.94. The van der Waals surface area contributed by atoms with Gasteiger partial charge in [-0.1, -0.05) is 35.5 Å². The molecule has 1 unspecified atom stereocenters. The molecule has 0 saturated heterocycles. The molecule has 1 aliphatic rings. The molecular formula is C28H25FN4O3. The second-order valence-corrected chi connectivity index (χ2v) is 8.69. The van der Waals surface area contributed by atoms with Gasteiger partial charge in [0.2, 0.25) is 5.82 Å². The molecular weight excluding hydrogens is 459 g/mol. The normalized spacial score (nSPS) is 15.8. The van der Waals surface area contributed by atoms with Crippen LogP contribution in [0.2, 0.25) is 0 Å². The minimum atomic E-state index is -0.549. The van der Waals surface area contributed by atoms with Gasteiger partial charge in [-0.25, -0.2) is 9.18 Å². The van der Waals surface area contributed by atoms with Crippen molar-refractivity contribution in [3.63, 3.8) is 0 Å². The Bertz CT molecular complexity index is 1480. The molecule has 0 saturated carbocycles. The molecule has 8 heteroatoms. The highest BCUT2D eigenvalue weighted by atomic mass is 19.1. The monoisotopic (exact) mass is 484 g/mol. The zero-order chi connectivity index (χ0) is 25.4. The average molecular weight is 485 g/mol. The van der Waals surface area contributed by atoms with Gasteiger partial charge in [0.1, 0.15) is 11.6 Å². The first-order chi connectivity index (χ1) is 17.4. The van der Waals surface area contributed by atoms with Gasteiger partial charge in [0.05, 0.1) is 24.4 Å². The maximum Gasteiger partial charge on any atom is 0.326 e. The van der Waals surface area contributed by atoms with E-state index in [1.807, 2.05) is 63.2 Å². The third-order valence-corrected chi connectivity index (χ3v) is 6.42. The molecule has 1 N–H and O–H groups in total.